The molecule has 0 radical (unpaired) electrons. The SMILES string of the molecule is CC(=O)N[C@H]1[C@H](OCCCNC(=O)COc2ccc(-c3cccc(C(=O)OCc4ccccc4)c3)cc2)O[C@H](CO)[C@@H](O[C@@H]2O[C@H](CO)[C@H](O)[C@H](O[C@H]3O[C@H](CO)[C@H](O)[C@H](O)[C@H]3O)[C@H]2O)[C@@H]1O. The molecule has 3 aliphatic heterocycles. The molecule has 22 heteroatoms. The lowest BCUT2D eigenvalue weighted by molar-refractivity contribution is -0.376. The molecule has 3 aliphatic rings. The zero-order valence-electron chi connectivity index (χ0n) is 36.3. The van der Waals surface area contributed by atoms with Crippen LogP contribution in [0.3, 0.4) is 0 Å². The molecule has 3 fully saturated rings. The van der Waals surface area contributed by atoms with E-state index in [4.69, 9.17) is 37.9 Å². The van der Waals surface area contributed by atoms with Crippen molar-refractivity contribution in [2.24, 2.45) is 0 Å². The van der Waals surface area contributed by atoms with Gasteiger partial charge >= 0.3 is 5.97 Å². The van der Waals surface area contributed by atoms with Crippen LogP contribution in [0.25, 0.3) is 11.1 Å². The molecule has 0 saturated carbocycles. The number of carbonyl (C=O) groups is 3. The molecule has 15 atom stereocenters. The number of ether oxygens (including phenoxy) is 8. The van der Waals surface area contributed by atoms with Gasteiger partial charge in [0.2, 0.25) is 5.91 Å². The second kappa shape index (κ2) is 24.5. The highest BCUT2D eigenvalue weighted by Gasteiger charge is 2.54. The molecule has 3 aromatic rings. The third-order valence-corrected chi connectivity index (χ3v) is 11.3. The van der Waals surface area contributed by atoms with Crippen LogP contribution < -0.4 is 15.4 Å². The van der Waals surface area contributed by atoms with E-state index in [1.165, 1.54) is 6.92 Å². The Kier molecular flexibility index (Phi) is 18.9. The van der Waals surface area contributed by atoms with E-state index < -0.39 is 130 Å². The van der Waals surface area contributed by atoms with Gasteiger partial charge in [-0.1, -0.05) is 54.6 Å². The van der Waals surface area contributed by atoms with Crippen molar-refractivity contribution in [2.45, 2.75) is 112 Å². The maximum Gasteiger partial charge on any atom is 0.338 e. The highest BCUT2D eigenvalue weighted by molar-refractivity contribution is 5.91. The lowest BCUT2D eigenvalue weighted by Crippen LogP contribution is -2.68. The van der Waals surface area contributed by atoms with E-state index in [0.29, 0.717) is 11.3 Å². The van der Waals surface area contributed by atoms with Crippen LogP contribution in [0, 0.1) is 0 Å². The van der Waals surface area contributed by atoms with Crippen molar-refractivity contribution in [3.8, 4) is 16.9 Å². The summed E-state index contributed by atoms with van der Waals surface area (Å²) in [5.74, 6) is -1.07. The van der Waals surface area contributed by atoms with Gasteiger partial charge in [0.25, 0.3) is 5.91 Å². The molecule has 0 bridgehead atoms. The number of aliphatic hydroxyl groups excluding tert-OH is 9. The fraction of sp³-hybridized carbons (Fsp3) is 0.533. The first-order valence-electron chi connectivity index (χ1n) is 21.6. The molecule has 0 aromatic heterocycles. The van der Waals surface area contributed by atoms with Crippen LogP contribution in [0.2, 0.25) is 0 Å². The van der Waals surface area contributed by atoms with Crippen LogP contribution in [0.4, 0.5) is 0 Å². The highest BCUT2D eigenvalue weighted by Crippen LogP contribution is 2.33. The fourth-order valence-electron chi connectivity index (χ4n) is 7.66. The Morgan fingerprint density at radius 1 is 0.642 bits per heavy atom. The lowest BCUT2D eigenvalue weighted by atomic mass is 9.95. The molecule has 0 unspecified atom stereocenters. The molecular weight excluding hydrogens is 888 g/mol. The molecule has 67 heavy (non-hydrogen) atoms. The average Bonchev–Trinajstić information content (AvgIpc) is 3.34. The molecule has 2 amide bonds. The minimum atomic E-state index is -1.97. The third kappa shape index (κ3) is 13.3. The zero-order valence-corrected chi connectivity index (χ0v) is 36.3. The zero-order chi connectivity index (χ0) is 48.2. The number of aliphatic hydroxyl groups is 9. The molecule has 3 aromatic carbocycles. The smallest absolute Gasteiger partial charge is 0.338 e. The normalized spacial score (nSPS) is 31.9. The van der Waals surface area contributed by atoms with Gasteiger partial charge in [0.1, 0.15) is 85.5 Å². The first-order valence-corrected chi connectivity index (χ1v) is 21.6. The van der Waals surface area contributed by atoms with Crippen molar-refractivity contribution in [3.05, 3.63) is 90.0 Å². The van der Waals surface area contributed by atoms with Gasteiger partial charge in [-0.15, -0.1) is 0 Å². The summed E-state index contributed by atoms with van der Waals surface area (Å²) in [7, 11) is 0. The molecule has 368 valence electrons. The average molecular weight is 947 g/mol. The van der Waals surface area contributed by atoms with Gasteiger partial charge < -0.3 is 94.5 Å². The standard InChI is InChI=1S/C45H58N2O20/c1-23(51)47-33-36(55)40(66-45-39(58)41(35(54)30(19-49)64-45)67-44-38(57)37(56)34(53)29(18-48)63-44)31(20-50)65-43(33)60-16-6-15-46-32(52)22-61-28-13-11-25(12-14-28)26-9-5-10-27(17-26)42(59)62-21-24-7-3-2-4-8-24/h2-5,7-14,17,29-31,33-41,43-45,48-50,53-58H,6,15-16,18-22H2,1H3,(H,46,52)(H,47,51)/t29-,30-,31-,33-,34+,35+,36-,37+,38-,39-,40-,41+,43-,44-,45+/m1/s1. The van der Waals surface area contributed by atoms with Crippen LogP contribution in [0.1, 0.15) is 29.3 Å². The molecule has 0 aliphatic carbocycles. The van der Waals surface area contributed by atoms with Gasteiger partial charge in [0, 0.05) is 13.5 Å². The Hall–Kier alpha value is -4.73. The largest absolute Gasteiger partial charge is 0.484 e. The van der Waals surface area contributed by atoms with E-state index in [1.807, 2.05) is 36.4 Å². The summed E-state index contributed by atoms with van der Waals surface area (Å²) in [6, 6.07) is 22.0. The minimum absolute atomic E-state index is 0.0663. The van der Waals surface area contributed by atoms with E-state index in [9.17, 15) is 60.3 Å². The molecular formula is C45H58N2O20. The summed E-state index contributed by atoms with van der Waals surface area (Å²) in [4.78, 5) is 37.5. The number of hydrogen-bond donors (Lipinski definition) is 11. The molecule has 22 nitrogen and oxygen atoms in total. The van der Waals surface area contributed by atoms with E-state index in [0.717, 1.165) is 16.7 Å². The topological polar surface area (TPSA) is 331 Å². The summed E-state index contributed by atoms with van der Waals surface area (Å²) in [6.45, 7) is -1.35. The van der Waals surface area contributed by atoms with Crippen LogP contribution in [-0.2, 0) is 49.4 Å². The second-order valence-electron chi connectivity index (χ2n) is 16.1. The van der Waals surface area contributed by atoms with Gasteiger partial charge in [0.15, 0.2) is 25.5 Å². The Labute approximate surface area is 384 Å². The minimum Gasteiger partial charge on any atom is -0.484 e. The number of esters is 1. The van der Waals surface area contributed by atoms with E-state index in [-0.39, 0.29) is 32.8 Å². The summed E-state index contributed by atoms with van der Waals surface area (Å²) in [5, 5.41) is 99.5. The van der Waals surface area contributed by atoms with Gasteiger partial charge in [-0.05, 0) is 47.4 Å². The number of carbonyl (C=O) groups excluding carboxylic acids is 3. The maximum absolute atomic E-state index is 12.7. The summed E-state index contributed by atoms with van der Waals surface area (Å²) >= 11 is 0. The lowest BCUT2D eigenvalue weighted by Gasteiger charge is -2.48. The Balaban J connectivity index is 0.967. The highest BCUT2D eigenvalue weighted by atomic mass is 16.8. The summed E-state index contributed by atoms with van der Waals surface area (Å²) in [6.07, 6.45) is -23.3. The van der Waals surface area contributed by atoms with Crippen molar-refractivity contribution < 1.29 is 98.2 Å². The van der Waals surface area contributed by atoms with Gasteiger partial charge in [-0.25, -0.2) is 4.79 Å². The number of benzene rings is 3. The van der Waals surface area contributed by atoms with E-state index >= 15 is 0 Å². The Bertz CT molecular complexity index is 2030. The maximum atomic E-state index is 12.7. The number of hydrogen-bond acceptors (Lipinski definition) is 20. The summed E-state index contributed by atoms with van der Waals surface area (Å²) in [5.41, 5.74) is 2.86. The Morgan fingerprint density at radius 2 is 1.28 bits per heavy atom. The number of rotatable bonds is 20. The fourth-order valence-corrected chi connectivity index (χ4v) is 7.66. The van der Waals surface area contributed by atoms with E-state index in [1.54, 1.807) is 42.5 Å². The second-order valence-corrected chi connectivity index (χ2v) is 16.1. The third-order valence-electron chi connectivity index (χ3n) is 11.3. The van der Waals surface area contributed by atoms with Gasteiger partial charge in [-0.3, -0.25) is 9.59 Å². The van der Waals surface area contributed by atoms with Gasteiger partial charge in [0.05, 0.1) is 32.0 Å². The molecule has 3 saturated heterocycles. The predicted molar refractivity (Wildman–Crippen MR) is 227 cm³/mol. The predicted octanol–water partition coefficient (Wildman–Crippen LogP) is -2.80. The first kappa shape index (κ1) is 51.7. The van der Waals surface area contributed by atoms with Crippen molar-refractivity contribution in [3.63, 3.8) is 0 Å². The van der Waals surface area contributed by atoms with Crippen LogP contribution in [0.5, 0.6) is 5.75 Å². The monoisotopic (exact) mass is 946 g/mol. The van der Waals surface area contributed by atoms with Crippen molar-refractivity contribution in [1.29, 1.82) is 0 Å². The quantitative estimate of drug-likeness (QED) is 0.0403. The Morgan fingerprint density at radius 3 is 1.96 bits per heavy atom. The van der Waals surface area contributed by atoms with Crippen molar-refractivity contribution >= 4 is 17.8 Å². The summed E-state index contributed by atoms with van der Waals surface area (Å²) < 4.78 is 45.2. The van der Waals surface area contributed by atoms with Gasteiger partial charge in [-0.2, -0.15) is 0 Å². The molecule has 6 rings (SSSR count). The number of nitrogens with one attached hydrogen (secondary N) is 2. The molecule has 11 N–H and O–H groups in total. The van der Waals surface area contributed by atoms with E-state index in [2.05, 4.69) is 10.6 Å². The molecule has 3 heterocycles. The first-order chi connectivity index (χ1) is 32.2. The van der Waals surface area contributed by atoms with Crippen molar-refractivity contribution in [2.75, 3.05) is 39.6 Å². The van der Waals surface area contributed by atoms with Crippen molar-refractivity contribution in [1.82, 2.24) is 10.6 Å². The van der Waals surface area contributed by atoms with Crippen LogP contribution in [-0.4, -0.2) is 195 Å². The number of amides is 2. The van der Waals surface area contributed by atoms with Crippen LogP contribution >= 0.6 is 0 Å². The molecule has 0 spiro atoms. The van der Waals surface area contributed by atoms with Crippen LogP contribution in [0.15, 0.2) is 78.9 Å².